The Labute approximate surface area is 160 Å². The summed E-state index contributed by atoms with van der Waals surface area (Å²) in [4.78, 5) is 24.3. The van der Waals surface area contributed by atoms with Crippen molar-refractivity contribution in [1.29, 1.82) is 0 Å². The third-order valence-corrected chi connectivity index (χ3v) is 4.96. The Morgan fingerprint density at radius 2 is 1.85 bits per heavy atom. The van der Waals surface area contributed by atoms with E-state index in [0.29, 0.717) is 11.5 Å². The van der Waals surface area contributed by atoms with Gasteiger partial charge in [-0.3, -0.25) is 9.69 Å². The smallest absolute Gasteiger partial charge is 0.266 e. The molecule has 2 aromatic carbocycles. The quantitative estimate of drug-likeness (QED) is 0.562. The molecule has 2 aromatic rings. The second kappa shape index (κ2) is 8.16. The van der Waals surface area contributed by atoms with Gasteiger partial charge in [-0.1, -0.05) is 66.4 Å². The van der Waals surface area contributed by atoms with Crippen molar-refractivity contribution in [1.82, 2.24) is 4.90 Å². The highest BCUT2D eigenvalue weighted by Gasteiger charge is 2.31. The van der Waals surface area contributed by atoms with E-state index in [-0.39, 0.29) is 4.32 Å². The van der Waals surface area contributed by atoms with E-state index in [2.05, 4.69) is 0 Å². The van der Waals surface area contributed by atoms with Crippen LogP contribution in [0.2, 0.25) is 0 Å². The number of carbonyl (C=O) groups is 2. The molecular weight excluding hydrogens is 370 g/mol. The number of amides is 1. The van der Waals surface area contributed by atoms with Gasteiger partial charge in [-0.15, -0.1) is 0 Å². The van der Waals surface area contributed by atoms with E-state index in [0.717, 1.165) is 33.5 Å². The third-order valence-electron chi connectivity index (χ3n) is 3.59. The Morgan fingerprint density at radius 3 is 2.50 bits per heavy atom. The van der Waals surface area contributed by atoms with Gasteiger partial charge in [-0.05, 0) is 29.3 Å². The number of thiocarbonyl (C=S) groups is 1. The highest BCUT2D eigenvalue weighted by atomic mass is 32.2. The average molecular weight is 384 g/mol. The first kappa shape index (κ1) is 18.2. The highest BCUT2D eigenvalue weighted by molar-refractivity contribution is 8.26. The number of ether oxygens (including phenoxy) is 1. The number of carboxylic acids is 1. The molecule has 0 atom stereocenters. The van der Waals surface area contributed by atoms with Gasteiger partial charge in [0.15, 0.2) is 0 Å². The maximum atomic E-state index is 12.2. The number of hydrogen-bond donors (Lipinski definition) is 0. The summed E-state index contributed by atoms with van der Waals surface area (Å²) in [5.41, 5.74) is 1.87. The van der Waals surface area contributed by atoms with Crippen LogP contribution in [0.15, 0.2) is 59.5 Å². The molecule has 1 aliphatic heterocycles. The molecule has 0 spiro atoms. The van der Waals surface area contributed by atoms with Crippen LogP contribution in [-0.4, -0.2) is 27.6 Å². The lowest BCUT2D eigenvalue weighted by molar-refractivity contribution is -0.305. The molecule has 0 radical (unpaired) electrons. The maximum absolute atomic E-state index is 12.2. The van der Waals surface area contributed by atoms with Gasteiger partial charge in [0.2, 0.25) is 0 Å². The molecule has 1 aliphatic rings. The van der Waals surface area contributed by atoms with Crippen LogP contribution >= 0.6 is 24.0 Å². The predicted molar refractivity (Wildman–Crippen MR) is 102 cm³/mol. The van der Waals surface area contributed by atoms with E-state index in [1.54, 1.807) is 6.08 Å². The van der Waals surface area contributed by atoms with Crippen LogP contribution in [0.1, 0.15) is 11.1 Å². The van der Waals surface area contributed by atoms with E-state index in [1.165, 1.54) is 0 Å². The van der Waals surface area contributed by atoms with Crippen molar-refractivity contribution in [2.45, 2.75) is 6.61 Å². The zero-order chi connectivity index (χ0) is 18.5. The van der Waals surface area contributed by atoms with E-state index >= 15 is 0 Å². The Morgan fingerprint density at radius 1 is 1.15 bits per heavy atom. The van der Waals surface area contributed by atoms with Crippen LogP contribution < -0.4 is 9.84 Å². The topological polar surface area (TPSA) is 69.7 Å². The van der Waals surface area contributed by atoms with Crippen LogP contribution in [0.3, 0.4) is 0 Å². The number of hydrogen-bond acceptors (Lipinski definition) is 6. The normalized spacial score (nSPS) is 15.5. The first-order chi connectivity index (χ1) is 12.5. The van der Waals surface area contributed by atoms with Gasteiger partial charge in [0.05, 0.1) is 17.4 Å². The van der Waals surface area contributed by atoms with Crippen LogP contribution in [0, 0.1) is 0 Å². The number of benzene rings is 2. The van der Waals surface area contributed by atoms with Gasteiger partial charge in [0.1, 0.15) is 16.7 Å². The molecule has 0 aromatic heterocycles. The maximum Gasteiger partial charge on any atom is 0.266 e. The number of carbonyl (C=O) groups excluding carboxylic acids is 2. The summed E-state index contributed by atoms with van der Waals surface area (Å²) in [6.45, 7) is -0.0592. The molecule has 0 N–H and O–H groups in total. The average Bonchev–Trinajstić information content (AvgIpc) is 2.89. The minimum Gasteiger partial charge on any atom is -0.548 e. The molecule has 1 amide bonds. The molecule has 3 rings (SSSR count). The SMILES string of the molecule is O=C([O-])CN1C(=O)/C(=C\c2ccc(OCc3ccccc3)cc2)SC1=S. The van der Waals surface area contributed by atoms with Crippen molar-refractivity contribution in [3.05, 3.63) is 70.6 Å². The minimum absolute atomic E-state index is 0.216. The molecule has 26 heavy (non-hydrogen) atoms. The Bertz CT molecular complexity index is 863. The summed E-state index contributed by atoms with van der Waals surface area (Å²) in [5.74, 6) is -1.05. The Hall–Kier alpha value is -2.64. The fourth-order valence-electron chi connectivity index (χ4n) is 2.32. The monoisotopic (exact) mass is 384 g/mol. The van der Waals surface area contributed by atoms with Crippen LogP contribution in [0.25, 0.3) is 6.08 Å². The van der Waals surface area contributed by atoms with E-state index < -0.39 is 18.4 Å². The fourth-order valence-corrected chi connectivity index (χ4v) is 3.57. The molecule has 0 aliphatic carbocycles. The highest BCUT2D eigenvalue weighted by Crippen LogP contribution is 2.32. The lowest BCUT2D eigenvalue weighted by Crippen LogP contribution is -2.40. The van der Waals surface area contributed by atoms with Gasteiger partial charge in [0.25, 0.3) is 5.91 Å². The second-order valence-corrected chi connectivity index (χ2v) is 7.16. The van der Waals surface area contributed by atoms with Gasteiger partial charge >= 0.3 is 0 Å². The van der Waals surface area contributed by atoms with Crippen molar-refractivity contribution < 1.29 is 19.4 Å². The zero-order valence-corrected chi connectivity index (χ0v) is 15.2. The number of rotatable bonds is 6. The predicted octanol–water partition coefficient (Wildman–Crippen LogP) is 2.22. The summed E-state index contributed by atoms with van der Waals surface area (Å²) in [5, 5.41) is 10.7. The fraction of sp³-hybridized carbons (Fsp3) is 0.105. The summed E-state index contributed by atoms with van der Waals surface area (Å²) in [7, 11) is 0. The Kier molecular flexibility index (Phi) is 5.70. The largest absolute Gasteiger partial charge is 0.548 e. The molecule has 0 saturated carbocycles. The van der Waals surface area contributed by atoms with Crippen LogP contribution in [-0.2, 0) is 16.2 Å². The molecule has 7 heteroatoms. The summed E-state index contributed by atoms with van der Waals surface area (Å²) in [6.07, 6.45) is 1.68. The van der Waals surface area contributed by atoms with Gasteiger partial charge in [0, 0.05) is 0 Å². The van der Waals surface area contributed by atoms with Gasteiger partial charge in [-0.2, -0.15) is 0 Å². The van der Waals surface area contributed by atoms with Gasteiger partial charge < -0.3 is 14.6 Å². The van der Waals surface area contributed by atoms with Crippen molar-refractivity contribution in [2.75, 3.05) is 6.54 Å². The summed E-state index contributed by atoms with van der Waals surface area (Å²) in [6, 6.07) is 17.1. The molecule has 132 valence electrons. The van der Waals surface area contributed by atoms with Crippen LogP contribution in [0.5, 0.6) is 5.75 Å². The molecule has 1 saturated heterocycles. The van der Waals surface area contributed by atoms with Crippen molar-refractivity contribution in [3.8, 4) is 5.75 Å². The molecule has 1 fully saturated rings. The molecule has 5 nitrogen and oxygen atoms in total. The Balaban J connectivity index is 1.65. The summed E-state index contributed by atoms with van der Waals surface area (Å²) < 4.78 is 5.94. The van der Waals surface area contributed by atoms with Crippen molar-refractivity contribution >= 4 is 46.3 Å². The third kappa shape index (κ3) is 4.50. The van der Waals surface area contributed by atoms with E-state index in [9.17, 15) is 14.7 Å². The first-order valence-corrected chi connectivity index (χ1v) is 8.97. The summed E-state index contributed by atoms with van der Waals surface area (Å²) >= 11 is 6.12. The molecular formula is C19H14NO4S2-. The van der Waals surface area contributed by atoms with E-state index in [4.69, 9.17) is 17.0 Å². The lowest BCUT2D eigenvalue weighted by Gasteiger charge is -2.14. The van der Waals surface area contributed by atoms with E-state index in [1.807, 2.05) is 54.6 Å². The van der Waals surface area contributed by atoms with Crippen molar-refractivity contribution in [2.24, 2.45) is 0 Å². The molecule has 0 bridgehead atoms. The standard InChI is InChI=1S/C19H15NO4S2/c21-17(22)11-20-18(23)16(26-19(20)25)10-13-6-8-15(9-7-13)24-12-14-4-2-1-3-5-14/h1-10H,11-12H2,(H,21,22)/p-1/b16-10+. The number of thioether (sulfide) groups is 1. The van der Waals surface area contributed by atoms with Gasteiger partial charge in [-0.25, -0.2) is 0 Å². The zero-order valence-electron chi connectivity index (χ0n) is 13.6. The number of nitrogens with zero attached hydrogens (tertiary/aromatic N) is 1. The van der Waals surface area contributed by atoms with Crippen molar-refractivity contribution in [3.63, 3.8) is 0 Å². The first-order valence-electron chi connectivity index (χ1n) is 7.75. The minimum atomic E-state index is -1.34. The number of carboxylic acid groups (broad SMARTS) is 1. The molecule has 0 unspecified atom stereocenters. The molecule has 1 heterocycles. The van der Waals surface area contributed by atoms with Crippen LogP contribution in [0.4, 0.5) is 0 Å². The second-order valence-electron chi connectivity index (χ2n) is 5.48. The lowest BCUT2D eigenvalue weighted by atomic mass is 10.2. The number of aliphatic carboxylic acids is 1.